The molecule has 0 saturated heterocycles. The van der Waals surface area contributed by atoms with Crippen LogP contribution >= 0.6 is 0 Å². The molecule has 1 atom stereocenters. The molecule has 1 aromatic heterocycles. The fraction of sp³-hybridized carbons (Fsp3) is 0.167. The molecule has 4 rings (SSSR count). The second-order valence-electron chi connectivity index (χ2n) is 9.54. The maximum Gasteiger partial charge on any atom is 0.323 e. The monoisotopic (exact) mass is 558 g/mol. The van der Waals surface area contributed by atoms with Crippen LogP contribution in [-0.4, -0.2) is 36.6 Å². The number of aliphatic carboxylic acids is 1. The molecule has 2 amide bonds. The van der Waals surface area contributed by atoms with Crippen molar-refractivity contribution in [3.05, 3.63) is 107 Å². The van der Waals surface area contributed by atoms with Crippen molar-refractivity contribution in [2.24, 2.45) is 0 Å². The van der Waals surface area contributed by atoms with Crippen molar-refractivity contribution in [2.75, 3.05) is 10.6 Å². The van der Waals surface area contributed by atoms with Gasteiger partial charge in [-0.3, -0.25) is 9.78 Å². The molecule has 0 aliphatic heterocycles. The number of carboxylic acids is 1. The number of nitrogens with one attached hydrogen (secondary N) is 3. The van der Waals surface area contributed by atoms with E-state index in [0.29, 0.717) is 28.1 Å². The predicted molar refractivity (Wildman–Crippen MR) is 155 cm³/mol. The molecule has 40 heavy (non-hydrogen) atoms. The first-order chi connectivity index (χ1) is 19.0. The molecule has 3 aromatic carbocycles. The number of aromatic nitrogens is 1. The summed E-state index contributed by atoms with van der Waals surface area (Å²) in [7, 11) is -4.06. The molecule has 4 N–H and O–H groups in total. The minimum Gasteiger partial charge on any atom is -0.480 e. The molecule has 1 unspecified atom stereocenters. The van der Waals surface area contributed by atoms with Gasteiger partial charge < -0.3 is 15.7 Å². The van der Waals surface area contributed by atoms with Gasteiger partial charge in [0.25, 0.3) is 0 Å². The van der Waals surface area contributed by atoms with Crippen LogP contribution in [0.25, 0.3) is 11.1 Å². The average Bonchev–Trinajstić information content (AvgIpc) is 2.88. The number of urea groups is 1. The Balaban J connectivity index is 1.46. The molecule has 0 radical (unpaired) electrons. The van der Waals surface area contributed by atoms with E-state index in [0.717, 1.165) is 16.7 Å². The first-order valence-electron chi connectivity index (χ1n) is 12.5. The Bertz CT molecular complexity index is 1620. The van der Waals surface area contributed by atoms with Crippen LogP contribution < -0.4 is 15.4 Å². The van der Waals surface area contributed by atoms with E-state index in [1.807, 2.05) is 37.3 Å². The lowest BCUT2D eigenvalue weighted by molar-refractivity contribution is -0.138. The van der Waals surface area contributed by atoms with E-state index in [9.17, 15) is 23.1 Å². The maximum atomic E-state index is 13.1. The second-order valence-corrected chi connectivity index (χ2v) is 11.2. The molecular formula is C30H30N4O5S. The molecule has 9 nitrogen and oxygen atoms in total. The van der Waals surface area contributed by atoms with Crippen molar-refractivity contribution in [1.29, 1.82) is 0 Å². The fourth-order valence-corrected chi connectivity index (χ4v) is 6.23. The zero-order chi connectivity index (χ0) is 28.9. The SMILES string of the molecule is Cc1cc(C)c(S(=O)(=O)NC(Cc2ccc(-c3cccc(NC(=O)Nc4ccncc4)c3)cc2)C(=O)O)c(C)c1. The lowest BCUT2D eigenvalue weighted by Crippen LogP contribution is -2.42. The Labute approximate surface area is 233 Å². The summed E-state index contributed by atoms with van der Waals surface area (Å²) in [5, 5.41) is 15.3. The first kappa shape index (κ1) is 28.5. The van der Waals surface area contributed by atoms with Crippen LogP contribution in [0, 0.1) is 20.8 Å². The highest BCUT2D eigenvalue weighted by Gasteiger charge is 2.28. The number of carboxylic acid groups (broad SMARTS) is 1. The Morgan fingerprint density at radius 2 is 1.45 bits per heavy atom. The lowest BCUT2D eigenvalue weighted by atomic mass is 10.0. The summed E-state index contributed by atoms with van der Waals surface area (Å²) >= 11 is 0. The van der Waals surface area contributed by atoms with Gasteiger partial charge in [0.05, 0.1) is 4.90 Å². The standard InChI is InChI=1S/C30H30N4O5S/c1-19-15-20(2)28(21(3)16-19)40(38,39)34-27(29(35)36)17-22-7-9-23(10-8-22)24-5-4-6-26(18-24)33-30(37)32-25-11-13-31-14-12-25/h4-16,18,27,34H,17H2,1-3H3,(H,35,36)(H2,31,32,33,37). The Morgan fingerprint density at radius 3 is 2.08 bits per heavy atom. The van der Waals surface area contributed by atoms with Gasteiger partial charge in [0.1, 0.15) is 6.04 Å². The van der Waals surface area contributed by atoms with E-state index in [1.165, 1.54) is 0 Å². The molecule has 0 fully saturated rings. The van der Waals surface area contributed by atoms with Crippen LogP contribution in [0.5, 0.6) is 0 Å². The Kier molecular flexibility index (Phi) is 8.61. The second kappa shape index (κ2) is 12.1. The molecule has 0 saturated carbocycles. The van der Waals surface area contributed by atoms with Crippen molar-refractivity contribution in [1.82, 2.24) is 9.71 Å². The van der Waals surface area contributed by atoms with Crippen molar-refractivity contribution in [2.45, 2.75) is 38.1 Å². The van der Waals surface area contributed by atoms with Gasteiger partial charge in [-0.1, -0.05) is 54.1 Å². The normalized spacial score (nSPS) is 12.0. The van der Waals surface area contributed by atoms with Crippen LogP contribution in [0.4, 0.5) is 16.2 Å². The average molecular weight is 559 g/mol. The number of pyridine rings is 1. The van der Waals surface area contributed by atoms with E-state index in [4.69, 9.17) is 0 Å². The smallest absolute Gasteiger partial charge is 0.323 e. The van der Waals surface area contributed by atoms with Gasteiger partial charge >= 0.3 is 12.0 Å². The van der Waals surface area contributed by atoms with E-state index < -0.39 is 28.1 Å². The summed E-state index contributed by atoms with van der Waals surface area (Å²) in [5.74, 6) is -1.26. The number of sulfonamides is 1. The van der Waals surface area contributed by atoms with Crippen LogP contribution in [0.3, 0.4) is 0 Å². The van der Waals surface area contributed by atoms with Gasteiger partial charge in [0.15, 0.2) is 0 Å². The van der Waals surface area contributed by atoms with E-state index in [-0.39, 0.29) is 11.3 Å². The van der Waals surface area contributed by atoms with Crippen molar-refractivity contribution in [3.63, 3.8) is 0 Å². The number of hydrogen-bond acceptors (Lipinski definition) is 5. The van der Waals surface area contributed by atoms with Crippen LogP contribution in [0.15, 0.2) is 90.1 Å². The van der Waals surface area contributed by atoms with Crippen LogP contribution in [0.1, 0.15) is 22.3 Å². The summed E-state index contributed by atoms with van der Waals surface area (Å²) in [6, 6.07) is 19.6. The van der Waals surface area contributed by atoms with Gasteiger partial charge in [0, 0.05) is 23.8 Å². The number of aryl methyl sites for hydroxylation is 3. The molecule has 0 bridgehead atoms. The van der Waals surface area contributed by atoms with Crippen LogP contribution in [-0.2, 0) is 21.2 Å². The third-order valence-electron chi connectivity index (χ3n) is 6.25. The molecular weight excluding hydrogens is 528 g/mol. The number of hydrogen-bond donors (Lipinski definition) is 4. The third-order valence-corrected chi connectivity index (χ3v) is 8.03. The number of rotatable bonds is 9. The first-order valence-corrected chi connectivity index (χ1v) is 14.0. The minimum atomic E-state index is -4.06. The molecule has 4 aromatic rings. The molecule has 0 aliphatic carbocycles. The largest absolute Gasteiger partial charge is 0.480 e. The van der Waals surface area contributed by atoms with Gasteiger partial charge in [-0.15, -0.1) is 0 Å². The van der Waals surface area contributed by atoms with Crippen molar-refractivity contribution >= 4 is 33.4 Å². The summed E-state index contributed by atoms with van der Waals surface area (Å²) in [4.78, 5) is 28.3. The van der Waals surface area contributed by atoms with Crippen LogP contribution in [0.2, 0.25) is 0 Å². The van der Waals surface area contributed by atoms with E-state index in [2.05, 4.69) is 20.3 Å². The van der Waals surface area contributed by atoms with Gasteiger partial charge in [-0.05, 0) is 79.3 Å². The van der Waals surface area contributed by atoms with E-state index >= 15 is 0 Å². The Hall–Kier alpha value is -4.54. The zero-order valence-electron chi connectivity index (χ0n) is 22.3. The van der Waals surface area contributed by atoms with Gasteiger partial charge in [-0.25, -0.2) is 13.2 Å². The molecule has 0 aliphatic rings. The number of amides is 2. The van der Waals surface area contributed by atoms with Crippen molar-refractivity contribution < 1.29 is 23.1 Å². The quantitative estimate of drug-likeness (QED) is 0.220. The highest BCUT2D eigenvalue weighted by molar-refractivity contribution is 7.89. The number of anilines is 2. The topological polar surface area (TPSA) is 137 Å². The molecule has 206 valence electrons. The van der Waals surface area contributed by atoms with Gasteiger partial charge in [0.2, 0.25) is 10.0 Å². The Morgan fingerprint density at radius 1 is 0.825 bits per heavy atom. The molecule has 10 heteroatoms. The highest BCUT2D eigenvalue weighted by Crippen LogP contribution is 2.25. The van der Waals surface area contributed by atoms with Gasteiger partial charge in [-0.2, -0.15) is 4.72 Å². The number of benzene rings is 3. The molecule has 1 heterocycles. The summed E-state index contributed by atoms with van der Waals surface area (Å²) < 4.78 is 28.6. The number of carbonyl (C=O) groups is 2. The fourth-order valence-electron chi connectivity index (χ4n) is 4.59. The summed E-state index contributed by atoms with van der Waals surface area (Å²) in [5.41, 5.74) is 5.60. The number of nitrogens with zero attached hydrogens (tertiary/aromatic N) is 1. The lowest BCUT2D eigenvalue weighted by Gasteiger charge is -2.18. The minimum absolute atomic E-state index is 0.0322. The maximum absolute atomic E-state index is 13.1. The summed E-state index contributed by atoms with van der Waals surface area (Å²) in [6.45, 7) is 5.27. The van der Waals surface area contributed by atoms with E-state index in [1.54, 1.807) is 68.7 Å². The predicted octanol–water partition coefficient (Wildman–Crippen LogP) is 5.29. The highest BCUT2D eigenvalue weighted by atomic mass is 32.2. The van der Waals surface area contributed by atoms with Crippen molar-refractivity contribution in [3.8, 4) is 11.1 Å². The summed E-state index contributed by atoms with van der Waals surface area (Å²) in [6.07, 6.45) is 3.13. The number of carbonyl (C=O) groups excluding carboxylic acids is 1. The molecule has 0 spiro atoms. The third kappa shape index (κ3) is 7.10. The zero-order valence-corrected chi connectivity index (χ0v) is 23.1.